The number of nitrogen functional groups attached to an aromatic ring is 1. The fourth-order valence-corrected chi connectivity index (χ4v) is 1.55. The van der Waals surface area contributed by atoms with E-state index in [1.165, 1.54) is 18.3 Å². The Morgan fingerprint density at radius 3 is 2.72 bits per heavy atom. The summed E-state index contributed by atoms with van der Waals surface area (Å²) in [6, 6.07) is 7.49. The number of carbonyl (C=O) groups is 1. The number of halogens is 1. The molecule has 6 heteroatoms. The van der Waals surface area contributed by atoms with Crippen LogP contribution in [0, 0.1) is 0 Å². The van der Waals surface area contributed by atoms with Crippen molar-refractivity contribution in [2.75, 3.05) is 11.1 Å². The Kier molecular flexibility index (Phi) is 3.34. The highest BCUT2D eigenvalue weighted by molar-refractivity contribution is 6.34. The van der Waals surface area contributed by atoms with Crippen LogP contribution in [0.2, 0.25) is 5.02 Å². The molecule has 1 aromatic carbocycles. The number of pyridine rings is 1. The number of amides is 1. The molecule has 0 saturated carbocycles. The summed E-state index contributed by atoms with van der Waals surface area (Å²) in [5.41, 5.74) is 6.58. The molecule has 92 valence electrons. The van der Waals surface area contributed by atoms with Crippen LogP contribution in [0.1, 0.15) is 10.4 Å². The van der Waals surface area contributed by atoms with Gasteiger partial charge in [0, 0.05) is 18.0 Å². The minimum Gasteiger partial charge on any atom is -0.399 e. The summed E-state index contributed by atoms with van der Waals surface area (Å²) >= 11 is 5.92. The maximum Gasteiger partial charge on any atom is 0.257 e. The Morgan fingerprint density at radius 1 is 1.28 bits per heavy atom. The summed E-state index contributed by atoms with van der Waals surface area (Å²) in [6.45, 7) is 0. The second-order valence-corrected chi connectivity index (χ2v) is 4.04. The number of anilines is 2. The Labute approximate surface area is 108 Å². The molecule has 0 radical (unpaired) electrons. The standard InChI is InChI=1S/C12H10ClN3O2/c13-9-3-2-8(14)5-10(9)16-12(18)7-1-4-11(17)15-6-7/h1-6H,14H2,(H,15,17)(H,16,18). The number of carbonyl (C=O) groups excluding carboxylic acids is 1. The predicted molar refractivity (Wildman–Crippen MR) is 70.9 cm³/mol. The number of H-pyrrole nitrogens is 1. The number of benzene rings is 1. The Balaban J connectivity index is 2.23. The van der Waals surface area contributed by atoms with Crippen LogP contribution < -0.4 is 16.6 Å². The number of nitrogens with one attached hydrogen (secondary N) is 2. The highest BCUT2D eigenvalue weighted by atomic mass is 35.5. The van der Waals surface area contributed by atoms with Crippen LogP contribution in [-0.2, 0) is 0 Å². The topological polar surface area (TPSA) is 88.0 Å². The third-order valence-electron chi connectivity index (χ3n) is 2.29. The summed E-state index contributed by atoms with van der Waals surface area (Å²) in [6.07, 6.45) is 1.33. The van der Waals surface area contributed by atoms with Crippen LogP contribution in [-0.4, -0.2) is 10.9 Å². The van der Waals surface area contributed by atoms with Gasteiger partial charge in [0.15, 0.2) is 0 Å². The molecule has 0 atom stereocenters. The zero-order valence-electron chi connectivity index (χ0n) is 9.24. The van der Waals surface area contributed by atoms with Crippen molar-refractivity contribution in [1.82, 2.24) is 4.98 Å². The van der Waals surface area contributed by atoms with E-state index >= 15 is 0 Å². The summed E-state index contributed by atoms with van der Waals surface area (Å²) in [5.74, 6) is -0.376. The first kappa shape index (κ1) is 12.2. The molecule has 0 spiro atoms. The Bertz CT molecular complexity index is 632. The second kappa shape index (κ2) is 4.93. The lowest BCUT2D eigenvalue weighted by molar-refractivity contribution is 0.102. The minimum atomic E-state index is -0.376. The summed E-state index contributed by atoms with van der Waals surface area (Å²) in [7, 11) is 0. The molecular formula is C12H10ClN3O2. The van der Waals surface area contributed by atoms with Gasteiger partial charge in [-0.25, -0.2) is 0 Å². The molecule has 1 aromatic heterocycles. The van der Waals surface area contributed by atoms with Crippen molar-refractivity contribution in [1.29, 1.82) is 0 Å². The number of aromatic amines is 1. The minimum absolute atomic E-state index is 0.270. The van der Waals surface area contributed by atoms with Crippen LogP contribution in [0.25, 0.3) is 0 Å². The van der Waals surface area contributed by atoms with Crippen LogP contribution >= 0.6 is 11.6 Å². The van der Waals surface area contributed by atoms with Gasteiger partial charge in [0.2, 0.25) is 5.56 Å². The average Bonchev–Trinajstić information content (AvgIpc) is 2.34. The highest BCUT2D eigenvalue weighted by Crippen LogP contribution is 2.24. The zero-order valence-corrected chi connectivity index (χ0v) is 9.99. The van der Waals surface area contributed by atoms with Crippen molar-refractivity contribution in [3.05, 3.63) is 57.5 Å². The van der Waals surface area contributed by atoms with E-state index in [1.807, 2.05) is 0 Å². The molecule has 1 heterocycles. The Morgan fingerprint density at radius 2 is 2.06 bits per heavy atom. The van der Waals surface area contributed by atoms with E-state index in [9.17, 15) is 9.59 Å². The van der Waals surface area contributed by atoms with Gasteiger partial charge >= 0.3 is 0 Å². The first-order valence-electron chi connectivity index (χ1n) is 5.11. The van der Waals surface area contributed by atoms with E-state index in [0.29, 0.717) is 22.0 Å². The molecule has 1 amide bonds. The molecule has 5 nitrogen and oxygen atoms in total. The predicted octanol–water partition coefficient (Wildman–Crippen LogP) is 1.86. The van der Waals surface area contributed by atoms with Crippen molar-refractivity contribution in [2.45, 2.75) is 0 Å². The average molecular weight is 264 g/mol. The molecule has 0 saturated heterocycles. The third-order valence-corrected chi connectivity index (χ3v) is 2.61. The van der Waals surface area contributed by atoms with Gasteiger partial charge in [-0.1, -0.05) is 11.6 Å². The monoisotopic (exact) mass is 263 g/mol. The molecule has 0 bridgehead atoms. The van der Waals surface area contributed by atoms with Crippen molar-refractivity contribution in [3.8, 4) is 0 Å². The number of aromatic nitrogens is 1. The molecule has 2 rings (SSSR count). The third kappa shape index (κ3) is 2.70. The highest BCUT2D eigenvalue weighted by Gasteiger charge is 2.08. The summed E-state index contributed by atoms with van der Waals surface area (Å²) < 4.78 is 0. The van der Waals surface area contributed by atoms with Crippen LogP contribution in [0.15, 0.2) is 41.3 Å². The van der Waals surface area contributed by atoms with Gasteiger partial charge in [-0.05, 0) is 24.3 Å². The van der Waals surface area contributed by atoms with Gasteiger partial charge < -0.3 is 16.0 Å². The second-order valence-electron chi connectivity index (χ2n) is 3.64. The lowest BCUT2D eigenvalue weighted by Crippen LogP contribution is -2.14. The number of hydrogen-bond acceptors (Lipinski definition) is 3. The molecule has 0 aliphatic rings. The number of nitrogens with two attached hydrogens (primary N) is 1. The lowest BCUT2D eigenvalue weighted by Gasteiger charge is -2.07. The van der Waals surface area contributed by atoms with Crippen LogP contribution in [0.4, 0.5) is 11.4 Å². The molecule has 18 heavy (non-hydrogen) atoms. The fraction of sp³-hybridized carbons (Fsp3) is 0. The van der Waals surface area contributed by atoms with E-state index in [1.54, 1.807) is 18.2 Å². The molecule has 0 aliphatic carbocycles. The van der Waals surface area contributed by atoms with Gasteiger partial charge in [0.05, 0.1) is 16.3 Å². The zero-order chi connectivity index (χ0) is 13.1. The van der Waals surface area contributed by atoms with Crippen LogP contribution in [0.3, 0.4) is 0 Å². The fourth-order valence-electron chi connectivity index (χ4n) is 1.38. The molecule has 0 aliphatic heterocycles. The molecule has 0 unspecified atom stereocenters. The largest absolute Gasteiger partial charge is 0.399 e. The summed E-state index contributed by atoms with van der Waals surface area (Å²) in [5, 5.41) is 3.00. The van der Waals surface area contributed by atoms with E-state index in [-0.39, 0.29) is 11.5 Å². The maximum absolute atomic E-state index is 11.9. The van der Waals surface area contributed by atoms with Crippen molar-refractivity contribution < 1.29 is 4.79 Å². The van der Waals surface area contributed by atoms with Gasteiger partial charge in [-0.15, -0.1) is 0 Å². The maximum atomic E-state index is 11.9. The quantitative estimate of drug-likeness (QED) is 0.723. The van der Waals surface area contributed by atoms with Crippen LogP contribution in [0.5, 0.6) is 0 Å². The van der Waals surface area contributed by atoms with E-state index < -0.39 is 0 Å². The van der Waals surface area contributed by atoms with Gasteiger partial charge in [0.1, 0.15) is 0 Å². The van der Waals surface area contributed by atoms with Gasteiger partial charge in [0.25, 0.3) is 5.91 Å². The van der Waals surface area contributed by atoms with E-state index in [2.05, 4.69) is 10.3 Å². The number of rotatable bonds is 2. The molecule has 2 aromatic rings. The van der Waals surface area contributed by atoms with Crippen molar-refractivity contribution >= 4 is 28.9 Å². The van der Waals surface area contributed by atoms with E-state index in [4.69, 9.17) is 17.3 Å². The van der Waals surface area contributed by atoms with E-state index in [0.717, 1.165) is 0 Å². The van der Waals surface area contributed by atoms with Gasteiger partial charge in [-0.2, -0.15) is 0 Å². The number of hydrogen-bond donors (Lipinski definition) is 3. The van der Waals surface area contributed by atoms with Crippen molar-refractivity contribution in [2.24, 2.45) is 0 Å². The SMILES string of the molecule is Nc1ccc(Cl)c(NC(=O)c2ccc(=O)[nH]c2)c1. The normalized spacial score (nSPS) is 10.1. The lowest BCUT2D eigenvalue weighted by atomic mass is 10.2. The van der Waals surface area contributed by atoms with Gasteiger partial charge in [-0.3, -0.25) is 9.59 Å². The van der Waals surface area contributed by atoms with Crippen molar-refractivity contribution in [3.63, 3.8) is 0 Å². The summed E-state index contributed by atoms with van der Waals surface area (Å²) in [4.78, 5) is 25.2. The first-order chi connectivity index (χ1) is 8.56. The first-order valence-corrected chi connectivity index (χ1v) is 5.49. The molecule has 0 fully saturated rings. The Hall–Kier alpha value is -2.27. The smallest absolute Gasteiger partial charge is 0.257 e. The molecule has 4 N–H and O–H groups in total. The molecular weight excluding hydrogens is 254 g/mol.